The number of benzene rings is 3. The van der Waals surface area contributed by atoms with Gasteiger partial charge in [-0.1, -0.05) is 12.1 Å². The number of carbonyl (C=O) groups excluding carboxylic acids is 1. The van der Waals surface area contributed by atoms with E-state index in [9.17, 15) is 23.3 Å². The Hall–Kier alpha value is -4.12. The Morgan fingerprint density at radius 1 is 1.00 bits per heavy atom. The van der Waals surface area contributed by atoms with Crippen molar-refractivity contribution in [1.82, 2.24) is 0 Å². The van der Waals surface area contributed by atoms with Gasteiger partial charge < -0.3 is 14.8 Å². The fraction of sp³-hybridized carbons (Fsp3) is 0.136. The summed E-state index contributed by atoms with van der Waals surface area (Å²) in [5.41, 5.74) is 0.203. The lowest BCUT2D eigenvalue weighted by Gasteiger charge is -2.22. The summed E-state index contributed by atoms with van der Waals surface area (Å²) in [5.74, 6) is 0.0206. The molecule has 10 nitrogen and oxygen atoms in total. The zero-order valence-electron chi connectivity index (χ0n) is 18.0. The number of amides is 1. The molecule has 172 valence electrons. The lowest BCUT2D eigenvalue weighted by Crippen LogP contribution is -2.29. The van der Waals surface area contributed by atoms with Crippen molar-refractivity contribution in [2.45, 2.75) is 4.90 Å². The van der Waals surface area contributed by atoms with Crippen molar-refractivity contribution in [3.8, 4) is 11.5 Å². The Bertz CT molecular complexity index is 1290. The highest BCUT2D eigenvalue weighted by atomic mass is 32.2. The molecule has 0 saturated heterocycles. The summed E-state index contributed by atoms with van der Waals surface area (Å²) in [4.78, 5) is 23.2. The molecule has 0 unspecified atom stereocenters. The molecular weight excluding hydrogens is 450 g/mol. The molecule has 33 heavy (non-hydrogen) atoms. The third-order valence-corrected chi connectivity index (χ3v) is 6.61. The number of ether oxygens (including phenoxy) is 2. The molecule has 3 rings (SSSR count). The summed E-state index contributed by atoms with van der Waals surface area (Å²) in [6.07, 6.45) is 0. The van der Waals surface area contributed by atoms with E-state index < -0.39 is 26.5 Å². The first-order valence-corrected chi connectivity index (χ1v) is 11.0. The van der Waals surface area contributed by atoms with Crippen molar-refractivity contribution in [2.75, 3.05) is 30.9 Å². The van der Waals surface area contributed by atoms with Gasteiger partial charge in [-0.15, -0.1) is 0 Å². The Kier molecular flexibility index (Phi) is 6.83. The summed E-state index contributed by atoms with van der Waals surface area (Å²) in [6.45, 7) is 0. The van der Waals surface area contributed by atoms with E-state index in [0.717, 1.165) is 10.4 Å². The number of anilines is 2. The maximum absolute atomic E-state index is 13.2. The summed E-state index contributed by atoms with van der Waals surface area (Å²) in [7, 11) is -0.190. The smallest absolute Gasteiger partial charge is 0.312 e. The predicted octanol–water partition coefficient (Wildman–Crippen LogP) is 3.69. The number of para-hydroxylation sites is 1. The van der Waals surface area contributed by atoms with Gasteiger partial charge in [-0.3, -0.25) is 19.2 Å². The molecule has 1 amide bonds. The van der Waals surface area contributed by atoms with Gasteiger partial charge in [-0.2, -0.15) is 0 Å². The molecule has 0 fully saturated rings. The average Bonchev–Trinajstić information content (AvgIpc) is 2.83. The fourth-order valence-electron chi connectivity index (χ4n) is 3.07. The number of nitrogens with zero attached hydrogens (tertiary/aromatic N) is 2. The zero-order valence-corrected chi connectivity index (χ0v) is 18.8. The van der Waals surface area contributed by atoms with E-state index in [1.165, 1.54) is 45.5 Å². The molecule has 0 saturated carbocycles. The minimum absolute atomic E-state index is 0.0686. The largest absolute Gasteiger partial charge is 0.497 e. The van der Waals surface area contributed by atoms with Gasteiger partial charge in [0.15, 0.2) is 5.75 Å². The van der Waals surface area contributed by atoms with Crippen LogP contribution in [0.3, 0.4) is 0 Å². The topological polar surface area (TPSA) is 128 Å². The van der Waals surface area contributed by atoms with Crippen molar-refractivity contribution >= 4 is 33.0 Å². The molecule has 3 aromatic rings. The Morgan fingerprint density at radius 3 is 2.27 bits per heavy atom. The number of carbonyl (C=O) groups is 1. The molecule has 0 aliphatic rings. The minimum atomic E-state index is -4.23. The third kappa shape index (κ3) is 4.88. The monoisotopic (exact) mass is 471 g/mol. The van der Waals surface area contributed by atoms with E-state index in [1.807, 2.05) is 0 Å². The van der Waals surface area contributed by atoms with Crippen LogP contribution in [0.4, 0.5) is 17.1 Å². The van der Waals surface area contributed by atoms with Gasteiger partial charge in [-0.05, 0) is 48.5 Å². The molecule has 3 aromatic carbocycles. The van der Waals surface area contributed by atoms with Gasteiger partial charge >= 0.3 is 5.69 Å². The Balaban J connectivity index is 1.96. The van der Waals surface area contributed by atoms with Crippen molar-refractivity contribution in [3.05, 3.63) is 82.4 Å². The molecule has 0 spiro atoms. The Labute approximate surface area is 190 Å². The predicted molar refractivity (Wildman–Crippen MR) is 123 cm³/mol. The zero-order chi connectivity index (χ0) is 24.2. The van der Waals surface area contributed by atoms with E-state index in [0.29, 0.717) is 11.4 Å². The highest BCUT2D eigenvalue weighted by Gasteiger charge is 2.28. The van der Waals surface area contributed by atoms with E-state index in [4.69, 9.17) is 9.47 Å². The molecule has 11 heteroatoms. The van der Waals surface area contributed by atoms with Crippen LogP contribution in [-0.4, -0.2) is 40.5 Å². The maximum Gasteiger partial charge on any atom is 0.312 e. The first kappa shape index (κ1) is 23.5. The second kappa shape index (κ2) is 9.57. The maximum atomic E-state index is 13.2. The number of nitro benzene ring substituents is 1. The summed E-state index contributed by atoms with van der Waals surface area (Å²) in [6, 6.07) is 16.1. The van der Waals surface area contributed by atoms with Gasteiger partial charge in [0.05, 0.1) is 35.3 Å². The quantitative estimate of drug-likeness (QED) is 0.392. The van der Waals surface area contributed by atoms with Crippen molar-refractivity contribution in [3.63, 3.8) is 0 Å². The van der Waals surface area contributed by atoms with Crippen molar-refractivity contribution < 1.29 is 27.6 Å². The molecular formula is C22H21N3O7S. The van der Waals surface area contributed by atoms with Crippen LogP contribution in [0.5, 0.6) is 11.5 Å². The molecule has 0 radical (unpaired) electrons. The number of sulfonamides is 1. The normalized spacial score (nSPS) is 10.9. The number of methoxy groups -OCH3 is 2. The first-order chi connectivity index (χ1) is 15.7. The fourth-order valence-corrected chi connectivity index (χ4v) is 4.31. The van der Waals surface area contributed by atoms with Crippen LogP contribution in [0.1, 0.15) is 10.4 Å². The number of hydrogen-bond donors (Lipinski definition) is 1. The van der Waals surface area contributed by atoms with Crippen molar-refractivity contribution in [1.29, 1.82) is 0 Å². The standard InChI is InChI=1S/C22H21N3O7S/c1-24(33(29,30)17-12-13-21(32-3)20(14-17)25(27)28)19-7-5-4-6-18(19)22(26)23-15-8-10-16(31-2)11-9-15/h4-14H,1-3H3,(H,23,26). The van der Waals surface area contributed by atoms with Crippen LogP contribution in [0.25, 0.3) is 0 Å². The molecule has 1 N–H and O–H groups in total. The second-order valence-corrected chi connectivity index (χ2v) is 8.73. The van der Waals surface area contributed by atoms with Gasteiger partial charge in [0.2, 0.25) is 0 Å². The van der Waals surface area contributed by atoms with Gasteiger partial charge in [0.25, 0.3) is 15.9 Å². The lowest BCUT2D eigenvalue weighted by atomic mass is 10.1. The van der Waals surface area contributed by atoms with Crippen LogP contribution < -0.4 is 19.1 Å². The molecule has 0 bridgehead atoms. The number of hydrogen-bond acceptors (Lipinski definition) is 7. The molecule has 0 aliphatic carbocycles. The first-order valence-electron chi connectivity index (χ1n) is 9.55. The summed E-state index contributed by atoms with van der Waals surface area (Å²) in [5, 5.41) is 14.0. The number of rotatable bonds is 8. The van der Waals surface area contributed by atoms with E-state index >= 15 is 0 Å². The van der Waals surface area contributed by atoms with Gasteiger partial charge in [-0.25, -0.2) is 8.42 Å². The molecule has 0 aromatic heterocycles. The van der Waals surface area contributed by atoms with Crippen molar-refractivity contribution in [2.24, 2.45) is 0 Å². The van der Waals surface area contributed by atoms with Crippen LogP contribution in [0.2, 0.25) is 0 Å². The Morgan fingerprint density at radius 2 is 1.67 bits per heavy atom. The minimum Gasteiger partial charge on any atom is -0.497 e. The second-order valence-electron chi connectivity index (χ2n) is 6.76. The molecule has 0 heterocycles. The highest BCUT2D eigenvalue weighted by Crippen LogP contribution is 2.32. The van der Waals surface area contributed by atoms with E-state index in [-0.39, 0.29) is 21.9 Å². The van der Waals surface area contributed by atoms with E-state index in [1.54, 1.807) is 36.4 Å². The molecule has 0 atom stereocenters. The lowest BCUT2D eigenvalue weighted by molar-refractivity contribution is -0.386. The number of nitrogens with one attached hydrogen (secondary N) is 1. The van der Waals surface area contributed by atoms with Gasteiger partial charge in [0.1, 0.15) is 5.75 Å². The summed E-state index contributed by atoms with van der Waals surface area (Å²) >= 11 is 0. The van der Waals surface area contributed by atoms with E-state index in [2.05, 4.69) is 5.32 Å². The highest BCUT2D eigenvalue weighted by molar-refractivity contribution is 7.92. The van der Waals surface area contributed by atoms with Gasteiger partial charge in [0, 0.05) is 18.8 Å². The summed E-state index contributed by atoms with van der Waals surface area (Å²) < 4.78 is 37.4. The van der Waals surface area contributed by atoms with Crippen LogP contribution in [0.15, 0.2) is 71.6 Å². The third-order valence-electron chi connectivity index (χ3n) is 4.84. The van der Waals surface area contributed by atoms with Crippen LogP contribution in [-0.2, 0) is 10.0 Å². The SMILES string of the molecule is COc1ccc(NC(=O)c2ccccc2N(C)S(=O)(=O)c2ccc(OC)c([N+](=O)[O-])c2)cc1. The van der Waals surface area contributed by atoms with Crippen LogP contribution >= 0.6 is 0 Å². The number of nitro groups is 1. The van der Waals surface area contributed by atoms with Crippen LogP contribution in [0, 0.1) is 10.1 Å². The average molecular weight is 471 g/mol. The molecule has 0 aliphatic heterocycles.